The Labute approximate surface area is 136 Å². The molecule has 24 heavy (non-hydrogen) atoms. The normalized spacial score (nSPS) is 20.6. The summed E-state index contributed by atoms with van der Waals surface area (Å²) in [6.45, 7) is 2.76. The van der Waals surface area contributed by atoms with E-state index in [-0.39, 0.29) is 29.7 Å². The minimum atomic E-state index is -4.90. The zero-order valence-corrected chi connectivity index (χ0v) is 12.8. The molecule has 0 spiro atoms. The van der Waals surface area contributed by atoms with Gasteiger partial charge in [-0.2, -0.15) is 5.26 Å². The highest BCUT2D eigenvalue weighted by molar-refractivity contribution is 5.90. The summed E-state index contributed by atoms with van der Waals surface area (Å²) < 4.78 is 40.5. The lowest BCUT2D eigenvalue weighted by atomic mass is 10.00. The summed E-state index contributed by atoms with van der Waals surface area (Å²) in [5.41, 5.74) is -0.153. The molecule has 0 unspecified atom stereocenters. The number of nitriles is 1. The van der Waals surface area contributed by atoms with Gasteiger partial charge in [0.2, 0.25) is 0 Å². The van der Waals surface area contributed by atoms with E-state index >= 15 is 0 Å². The first kappa shape index (κ1) is 17.9. The molecule has 1 saturated heterocycles. The molecular formula is C15H16F3N3O3. The Hall–Kier alpha value is -2.47. The fraction of sp³-hybridized carbons (Fsp3) is 0.467. The summed E-state index contributed by atoms with van der Waals surface area (Å²) in [7, 11) is 0. The monoisotopic (exact) mass is 343 g/mol. The fourth-order valence-corrected chi connectivity index (χ4v) is 2.55. The Kier molecular flexibility index (Phi) is 5.19. The molecule has 0 aliphatic carbocycles. The standard InChI is InChI=1S/C15H16F3N3O3/c1-9-6-21(7-11(9)8-22)14(23)20-12-2-3-13(10(4-12)5-19)24-15(16,17)18/h2-4,9,11,22H,6-8H2,1H3,(H,20,23)/t9-,11+/m1/s1. The molecule has 1 aromatic carbocycles. The maximum Gasteiger partial charge on any atom is 0.573 e. The number of hydrogen-bond donors (Lipinski definition) is 2. The molecule has 130 valence electrons. The highest BCUT2D eigenvalue weighted by Crippen LogP contribution is 2.29. The number of hydrogen-bond acceptors (Lipinski definition) is 4. The third-order valence-electron chi connectivity index (χ3n) is 3.87. The number of carbonyl (C=O) groups excluding carboxylic acids is 1. The SMILES string of the molecule is C[C@@H]1CN(C(=O)Nc2ccc(OC(F)(F)F)c(C#N)c2)C[C@H]1CO. The number of aliphatic hydroxyl groups is 1. The first-order valence-corrected chi connectivity index (χ1v) is 7.20. The van der Waals surface area contributed by atoms with Gasteiger partial charge in [-0.15, -0.1) is 13.2 Å². The number of urea groups is 1. The van der Waals surface area contributed by atoms with Gasteiger partial charge in [0, 0.05) is 31.3 Å². The number of anilines is 1. The van der Waals surface area contributed by atoms with E-state index in [9.17, 15) is 23.1 Å². The molecule has 9 heteroatoms. The number of ether oxygens (including phenoxy) is 1. The van der Waals surface area contributed by atoms with Crippen molar-refractivity contribution in [2.75, 3.05) is 25.0 Å². The molecule has 2 atom stereocenters. The molecule has 0 aromatic heterocycles. The average molecular weight is 343 g/mol. The van der Waals surface area contributed by atoms with Crippen LogP contribution in [-0.2, 0) is 0 Å². The maximum atomic E-state index is 12.3. The summed E-state index contributed by atoms with van der Waals surface area (Å²) >= 11 is 0. The Morgan fingerprint density at radius 3 is 2.75 bits per heavy atom. The first-order valence-electron chi connectivity index (χ1n) is 7.20. The third-order valence-corrected chi connectivity index (χ3v) is 3.87. The number of aliphatic hydroxyl groups excluding tert-OH is 1. The van der Waals surface area contributed by atoms with E-state index in [4.69, 9.17) is 5.26 Å². The number of carbonyl (C=O) groups is 1. The van der Waals surface area contributed by atoms with Gasteiger partial charge in [-0.05, 0) is 24.1 Å². The summed E-state index contributed by atoms with van der Waals surface area (Å²) in [4.78, 5) is 13.7. The smallest absolute Gasteiger partial charge is 0.404 e. The second-order valence-corrected chi connectivity index (χ2v) is 5.63. The van der Waals surface area contributed by atoms with Gasteiger partial charge in [0.05, 0.1) is 5.56 Å². The van der Waals surface area contributed by atoms with Gasteiger partial charge < -0.3 is 20.1 Å². The summed E-state index contributed by atoms with van der Waals surface area (Å²) in [6.07, 6.45) is -4.90. The van der Waals surface area contributed by atoms with E-state index in [1.807, 2.05) is 6.92 Å². The van der Waals surface area contributed by atoms with Crippen LogP contribution in [0, 0.1) is 23.2 Å². The van der Waals surface area contributed by atoms with Crippen molar-refractivity contribution >= 4 is 11.7 Å². The predicted molar refractivity (Wildman–Crippen MR) is 78.2 cm³/mol. The summed E-state index contributed by atoms with van der Waals surface area (Å²) in [5, 5.41) is 20.7. The van der Waals surface area contributed by atoms with E-state index in [2.05, 4.69) is 10.1 Å². The van der Waals surface area contributed by atoms with Gasteiger partial charge in [0.15, 0.2) is 0 Å². The van der Waals surface area contributed by atoms with E-state index in [1.165, 1.54) is 11.0 Å². The van der Waals surface area contributed by atoms with Crippen molar-refractivity contribution in [3.63, 3.8) is 0 Å². The molecule has 2 amide bonds. The highest BCUT2D eigenvalue weighted by Gasteiger charge is 2.33. The van der Waals surface area contributed by atoms with Crippen molar-refractivity contribution in [2.45, 2.75) is 13.3 Å². The van der Waals surface area contributed by atoms with E-state index in [1.54, 1.807) is 6.07 Å². The molecule has 0 radical (unpaired) electrons. The van der Waals surface area contributed by atoms with Crippen molar-refractivity contribution in [2.24, 2.45) is 11.8 Å². The molecule has 2 N–H and O–H groups in total. The molecule has 6 nitrogen and oxygen atoms in total. The van der Waals surface area contributed by atoms with Gasteiger partial charge in [0.1, 0.15) is 11.8 Å². The highest BCUT2D eigenvalue weighted by atomic mass is 19.4. The van der Waals surface area contributed by atoms with Crippen LogP contribution in [0.25, 0.3) is 0 Å². The second kappa shape index (κ2) is 6.97. The van der Waals surface area contributed by atoms with Crippen molar-refractivity contribution in [1.82, 2.24) is 4.90 Å². The van der Waals surface area contributed by atoms with E-state index < -0.39 is 18.1 Å². The Balaban J connectivity index is 2.08. The van der Waals surface area contributed by atoms with Crippen LogP contribution in [0.4, 0.5) is 23.7 Å². The van der Waals surface area contributed by atoms with E-state index in [0.29, 0.717) is 13.1 Å². The first-order chi connectivity index (χ1) is 11.2. The molecular weight excluding hydrogens is 327 g/mol. The molecule has 2 rings (SSSR count). The number of amides is 2. The summed E-state index contributed by atoms with van der Waals surface area (Å²) in [5.74, 6) is -0.482. The Morgan fingerprint density at radius 2 is 2.21 bits per heavy atom. The fourth-order valence-electron chi connectivity index (χ4n) is 2.55. The van der Waals surface area contributed by atoms with Crippen molar-refractivity contribution in [3.8, 4) is 11.8 Å². The van der Waals surface area contributed by atoms with Crippen LogP contribution in [0.3, 0.4) is 0 Å². The summed E-state index contributed by atoms with van der Waals surface area (Å²) in [6, 6.07) is 4.48. The van der Waals surface area contributed by atoms with Crippen LogP contribution in [0.2, 0.25) is 0 Å². The van der Waals surface area contributed by atoms with Gasteiger partial charge >= 0.3 is 12.4 Å². The van der Waals surface area contributed by atoms with Crippen LogP contribution in [0.15, 0.2) is 18.2 Å². The predicted octanol–water partition coefficient (Wildman–Crippen LogP) is 2.55. The lowest BCUT2D eigenvalue weighted by Crippen LogP contribution is -2.33. The van der Waals surface area contributed by atoms with E-state index in [0.717, 1.165) is 12.1 Å². The zero-order valence-electron chi connectivity index (χ0n) is 12.8. The zero-order chi connectivity index (χ0) is 17.9. The minimum absolute atomic E-state index is 0.00650. The number of alkyl halides is 3. The second-order valence-electron chi connectivity index (χ2n) is 5.63. The van der Waals surface area contributed by atoms with Crippen molar-refractivity contribution < 1.29 is 27.8 Å². The maximum absolute atomic E-state index is 12.3. The topological polar surface area (TPSA) is 85.6 Å². The Morgan fingerprint density at radius 1 is 1.50 bits per heavy atom. The van der Waals surface area contributed by atoms with Gasteiger partial charge in [-0.25, -0.2) is 4.79 Å². The number of likely N-dealkylation sites (tertiary alicyclic amines) is 1. The van der Waals surface area contributed by atoms with Gasteiger partial charge in [0.25, 0.3) is 0 Å². The molecule has 1 aliphatic heterocycles. The number of nitrogens with one attached hydrogen (secondary N) is 1. The van der Waals surface area contributed by atoms with Gasteiger partial charge in [-0.1, -0.05) is 6.92 Å². The lowest BCUT2D eigenvalue weighted by molar-refractivity contribution is -0.274. The Bertz CT molecular complexity index is 658. The van der Waals surface area contributed by atoms with Crippen LogP contribution in [-0.4, -0.2) is 42.1 Å². The lowest BCUT2D eigenvalue weighted by Gasteiger charge is -2.17. The molecule has 0 saturated carbocycles. The number of halogens is 3. The number of nitrogens with zero attached hydrogens (tertiary/aromatic N) is 2. The van der Waals surface area contributed by atoms with Crippen LogP contribution >= 0.6 is 0 Å². The molecule has 1 heterocycles. The van der Waals surface area contributed by atoms with Crippen LogP contribution < -0.4 is 10.1 Å². The number of benzene rings is 1. The molecule has 1 fully saturated rings. The minimum Gasteiger partial charge on any atom is -0.404 e. The number of rotatable bonds is 3. The van der Waals surface area contributed by atoms with Crippen molar-refractivity contribution in [3.05, 3.63) is 23.8 Å². The largest absolute Gasteiger partial charge is 0.573 e. The molecule has 1 aromatic rings. The average Bonchev–Trinajstić information content (AvgIpc) is 2.88. The van der Waals surface area contributed by atoms with Crippen LogP contribution in [0.1, 0.15) is 12.5 Å². The third kappa shape index (κ3) is 4.29. The molecule has 0 bridgehead atoms. The van der Waals surface area contributed by atoms with Crippen LogP contribution in [0.5, 0.6) is 5.75 Å². The van der Waals surface area contributed by atoms with Gasteiger partial charge in [-0.3, -0.25) is 0 Å². The quantitative estimate of drug-likeness (QED) is 0.883. The van der Waals surface area contributed by atoms with Crippen molar-refractivity contribution in [1.29, 1.82) is 5.26 Å². The molecule has 1 aliphatic rings.